The van der Waals surface area contributed by atoms with E-state index in [0.29, 0.717) is 23.8 Å². The Labute approximate surface area is 167 Å². The fourth-order valence-corrected chi connectivity index (χ4v) is 4.89. The SMILES string of the molecule is CC1CC1C(=O)N1CCC(c2nc(C3CCCN(C(C)C)C3)cc(=O)[nH]2)CC1. The molecule has 1 aliphatic carbocycles. The molecular weight excluding hydrogens is 352 g/mol. The second-order valence-electron chi connectivity index (χ2n) is 9.40. The smallest absolute Gasteiger partial charge is 0.251 e. The van der Waals surface area contributed by atoms with Gasteiger partial charge in [-0.2, -0.15) is 0 Å². The third-order valence-corrected chi connectivity index (χ3v) is 7.00. The molecule has 0 spiro atoms. The van der Waals surface area contributed by atoms with E-state index in [4.69, 9.17) is 4.98 Å². The third kappa shape index (κ3) is 4.17. The molecule has 3 aliphatic rings. The molecule has 0 aromatic carbocycles. The minimum absolute atomic E-state index is 0.0352. The van der Waals surface area contributed by atoms with Gasteiger partial charge in [-0.15, -0.1) is 0 Å². The lowest BCUT2D eigenvalue weighted by Gasteiger charge is -2.35. The standard InChI is InChI=1S/C22H34N4O2/c1-14(2)26-8-4-5-17(13-26)19-12-20(27)24-21(23-19)16-6-9-25(10-7-16)22(28)18-11-15(18)3/h12,14-18H,4-11,13H2,1-3H3,(H,23,24,27). The molecule has 1 aromatic rings. The van der Waals surface area contributed by atoms with Gasteiger partial charge in [0.1, 0.15) is 5.82 Å². The second-order valence-corrected chi connectivity index (χ2v) is 9.40. The van der Waals surface area contributed by atoms with Gasteiger partial charge in [-0.1, -0.05) is 6.92 Å². The summed E-state index contributed by atoms with van der Waals surface area (Å²) >= 11 is 0. The summed E-state index contributed by atoms with van der Waals surface area (Å²) in [5.74, 6) is 2.57. The van der Waals surface area contributed by atoms with Gasteiger partial charge < -0.3 is 14.8 Å². The van der Waals surface area contributed by atoms with Gasteiger partial charge in [0.05, 0.1) is 5.69 Å². The van der Waals surface area contributed by atoms with Crippen molar-refractivity contribution in [2.75, 3.05) is 26.2 Å². The Bertz CT molecular complexity index is 766. The lowest BCUT2D eigenvalue weighted by atomic mass is 9.92. The number of nitrogens with one attached hydrogen (secondary N) is 1. The largest absolute Gasteiger partial charge is 0.342 e. The number of amides is 1. The van der Waals surface area contributed by atoms with E-state index in [0.717, 1.165) is 69.8 Å². The van der Waals surface area contributed by atoms with Crippen molar-refractivity contribution in [3.8, 4) is 0 Å². The highest BCUT2D eigenvalue weighted by Gasteiger charge is 2.42. The maximum absolute atomic E-state index is 12.5. The lowest BCUT2D eigenvalue weighted by molar-refractivity contribution is -0.133. The average Bonchev–Trinajstić information content (AvgIpc) is 3.43. The first-order valence-corrected chi connectivity index (χ1v) is 11.1. The van der Waals surface area contributed by atoms with Crippen LogP contribution < -0.4 is 5.56 Å². The lowest BCUT2D eigenvalue weighted by Crippen LogP contribution is -2.40. The van der Waals surface area contributed by atoms with Crippen LogP contribution in [-0.2, 0) is 4.79 Å². The summed E-state index contributed by atoms with van der Waals surface area (Å²) in [6.45, 7) is 10.3. The van der Waals surface area contributed by atoms with Gasteiger partial charge in [0, 0.05) is 49.5 Å². The number of H-pyrrole nitrogens is 1. The number of aromatic amines is 1. The van der Waals surface area contributed by atoms with Crippen LogP contribution in [0.25, 0.3) is 0 Å². The molecule has 2 saturated heterocycles. The van der Waals surface area contributed by atoms with E-state index >= 15 is 0 Å². The zero-order valence-electron chi connectivity index (χ0n) is 17.5. The van der Waals surface area contributed by atoms with Gasteiger partial charge in [-0.05, 0) is 58.4 Å². The Morgan fingerprint density at radius 3 is 2.54 bits per heavy atom. The molecule has 0 radical (unpaired) electrons. The highest BCUT2D eigenvalue weighted by Crippen LogP contribution is 2.40. The van der Waals surface area contributed by atoms with Crippen LogP contribution in [0.4, 0.5) is 0 Å². The molecule has 1 amide bonds. The number of aromatic nitrogens is 2. The number of hydrogen-bond acceptors (Lipinski definition) is 4. The molecule has 3 atom stereocenters. The van der Waals surface area contributed by atoms with E-state index in [1.54, 1.807) is 6.07 Å². The molecule has 28 heavy (non-hydrogen) atoms. The molecule has 4 rings (SSSR count). The van der Waals surface area contributed by atoms with Gasteiger partial charge in [0.2, 0.25) is 5.91 Å². The van der Waals surface area contributed by atoms with Crippen LogP contribution in [0.1, 0.15) is 76.2 Å². The van der Waals surface area contributed by atoms with E-state index in [-0.39, 0.29) is 17.4 Å². The van der Waals surface area contributed by atoms with E-state index in [9.17, 15) is 9.59 Å². The molecule has 1 N–H and O–H groups in total. The van der Waals surface area contributed by atoms with Crippen molar-refractivity contribution < 1.29 is 4.79 Å². The normalized spacial score (nSPS) is 29.3. The molecular formula is C22H34N4O2. The summed E-state index contributed by atoms with van der Waals surface area (Å²) in [7, 11) is 0. The first-order chi connectivity index (χ1) is 13.4. The second kappa shape index (κ2) is 7.97. The maximum Gasteiger partial charge on any atom is 0.251 e. The van der Waals surface area contributed by atoms with Crippen molar-refractivity contribution in [3.63, 3.8) is 0 Å². The number of carbonyl (C=O) groups is 1. The molecule has 1 aromatic heterocycles. The van der Waals surface area contributed by atoms with Crippen LogP contribution in [0.15, 0.2) is 10.9 Å². The van der Waals surface area contributed by atoms with Crippen LogP contribution in [-0.4, -0.2) is 57.9 Å². The highest BCUT2D eigenvalue weighted by molar-refractivity contribution is 5.81. The number of carbonyl (C=O) groups excluding carboxylic acids is 1. The number of nitrogens with zero attached hydrogens (tertiary/aromatic N) is 3. The first kappa shape index (κ1) is 19.6. The number of likely N-dealkylation sites (tertiary alicyclic amines) is 2. The minimum Gasteiger partial charge on any atom is -0.342 e. The van der Waals surface area contributed by atoms with Gasteiger partial charge in [-0.3, -0.25) is 9.59 Å². The summed E-state index contributed by atoms with van der Waals surface area (Å²) in [6.07, 6.45) is 5.09. The van der Waals surface area contributed by atoms with E-state index in [2.05, 4.69) is 30.7 Å². The third-order valence-electron chi connectivity index (χ3n) is 7.00. The molecule has 3 heterocycles. The maximum atomic E-state index is 12.5. The monoisotopic (exact) mass is 386 g/mol. The number of hydrogen-bond donors (Lipinski definition) is 1. The zero-order valence-corrected chi connectivity index (χ0v) is 17.5. The Balaban J connectivity index is 1.43. The zero-order chi connectivity index (χ0) is 19.8. The molecule has 3 fully saturated rings. The molecule has 2 aliphatic heterocycles. The Morgan fingerprint density at radius 1 is 1.18 bits per heavy atom. The molecule has 0 bridgehead atoms. The number of piperidine rings is 2. The Hall–Kier alpha value is -1.69. The molecule has 6 heteroatoms. The molecule has 1 saturated carbocycles. The minimum atomic E-state index is -0.0352. The topological polar surface area (TPSA) is 69.3 Å². The van der Waals surface area contributed by atoms with Gasteiger partial charge in [0.15, 0.2) is 0 Å². The summed E-state index contributed by atoms with van der Waals surface area (Å²) in [5.41, 5.74) is 0.918. The molecule has 154 valence electrons. The first-order valence-electron chi connectivity index (χ1n) is 11.1. The van der Waals surface area contributed by atoms with Crippen molar-refractivity contribution in [2.45, 2.75) is 70.8 Å². The van der Waals surface area contributed by atoms with Gasteiger partial charge >= 0.3 is 0 Å². The summed E-state index contributed by atoms with van der Waals surface area (Å²) < 4.78 is 0. The van der Waals surface area contributed by atoms with Crippen LogP contribution in [0.2, 0.25) is 0 Å². The fraction of sp³-hybridized carbons (Fsp3) is 0.773. The molecule has 3 unspecified atom stereocenters. The van der Waals surface area contributed by atoms with Crippen molar-refractivity contribution in [2.24, 2.45) is 11.8 Å². The summed E-state index contributed by atoms with van der Waals surface area (Å²) in [6, 6.07) is 2.23. The van der Waals surface area contributed by atoms with Crippen LogP contribution in [0, 0.1) is 11.8 Å². The Kier molecular flexibility index (Phi) is 5.59. The quantitative estimate of drug-likeness (QED) is 0.864. The van der Waals surface area contributed by atoms with E-state index in [1.807, 2.05) is 4.90 Å². The average molecular weight is 387 g/mol. The van der Waals surface area contributed by atoms with Gasteiger partial charge in [0.25, 0.3) is 5.56 Å². The molecule has 6 nitrogen and oxygen atoms in total. The van der Waals surface area contributed by atoms with E-state index in [1.165, 1.54) is 0 Å². The Morgan fingerprint density at radius 2 is 1.89 bits per heavy atom. The summed E-state index contributed by atoms with van der Waals surface area (Å²) in [4.78, 5) is 37.2. The van der Waals surface area contributed by atoms with Crippen LogP contribution in [0.5, 0.6) is 0 Å². The number of rotatable bonds is 4. The van der Waals surface area contributed by atoms with Crippen molar-refractivity contribution in [3.05, 3.63) is 27.9 Å². The highest BCUT2D eigenvalue weighted by atomic mass is 16.2. The predicted octanol–water partition coefficient (Wildman–Crippen LogP) is 2.72. The van der Waals surface area contributed by atoms with E-state index < -0.39 is 0 Å². The van der Waals surface area contributed by atoms with Gasteiger partial charge in [-0.25, -0.2) is 4.98 Å². The van der Waals surface area contributed by atoms with Crippen molar-refractivity contribution in [1.29, 1.82) is 0 Å². The predicted molar refractivity (Wildman–Crippen MR) is 109 cm³/mol. The fourth-order valence-electron chi connectivity index (χ4n) is 4.89. The summed E-state index contributed by atoms with van der Waals surface area (Å²) in [5, 5.41) is 0. The van der Waals surface area contributed by atoms with Crippen molar-refractivity contribution in [1.82, 2.24) is 19.8 Å². The van der Waals surface area contributed by atoms with Crippen LogP contribution in [0.3, 0.4) is 0 Å². The van der Waals surface area contributed by atoms with Crippen molar-refractivity contribution >= 4 is 5.91 Å². The van der Waals surface area contributed by atoms with Crippen LogP contribution >= 0.6 is 0 Å².